The highest BCUT2D eigenvalue weighted by atomic mass is 16.1. The fraction of sp³-hybridized carbons (Fsp3) is 0.556. The Morgan fingerprint density at radius 3 is 2.91 bits per heavy atom. The van der Waals surface area contributed by atoms with Gasteiger partial charge in [-0.2, -0.15) is 0 Å². The minimum absolute atomic E-state index is 0.110. The molecule has 1 atom stereocenters. The van der Waals surface area contributed by atoms with Crippen LogP contribution in [0.15, 0.2) is 24.3 Å². The molecule has 5 heteroatoms. The van der Waals surface area contributed by atoms with Crippen molar-refractivity contribution in [3.8, 4) is 0 Å². The van der Waals surface area contributed by atoms with E-state index in [9.17, 15) is 4.79 Å². The van der Waals surface area contributed by atoms with Crippen molar-refractivity contribution in [1.29, 1.82) is 0 Å². The maximum absolute atomic E-state index is 12.0. The lowest BCUT2D eigenvalue weighted by molar-refractivity contribution is -0.121. The van der Waals surface area contributed by atoms with Gasteiger partial charge in [0.1, 0.15) is 5.82 Å². The minimum atomic E-state index is 0.110. The van der Waals surface area contributed by atoms with Crippen molar-refractivity contribution >= 4 is 16.9 Å². The van der Waals surface area contributed by atoms with Gasteiger partial charge in [0.15, 0.2) is 0 Å². The van der Waals surface area contributed by atoms with Crippen molar-refractivity contribution < 1.29 is 4.79 Å². The van der Waals surface area contributed by atoms with E-state index in [1.54, 1.807) is 0 Å². The normalized spacial score (nSPS) is 16.7. The number of hydrogen-bond acceptors (Lipinski definition) is 3. The maximum Gasteiger partial charge on any atom is 0.220 e. The second kappa shape index (κ2) is 7.59. The summed E-state index contributed by atoms with van der Waals surface area (Å²) in [4.78, 5) is 22.3. The zero-order chi connectivity index (χ0) is 16.1. The van der Waals surface area contributed by atoms with E-state index in [4.69, 9.17) is 0 Å². The molecule has 1 saturated heterocycles. The smallest absolute Gasteiger partial charge is 0.220 e. The fourth-order valence-electron chi connectivity index (χ4n) is 3.20. The number of amides is 1. The number of para-hydroxylation sites is 2. The number of aromatic nitrogens is 2. The van der Waals surface area contributed by atoms with Gasteiger partial charge < -0.3 is 15.2 Å². The third-order valence-electron chi connectivity index (χ3n) is 4.44. The summed E-state index contributed by atoms with van der Waals surface area (Å²) < 4.78 is 0. The van der Waals surface area contributed by atoms with Gasteiger partial charge in [0.05, 0.1) is 11.0 Å². The zero-order valence-electron chi connectivity index (χ0n) is 13.8. The van der Waals surface area contributed by atoms with Crippen LogP contribution in [0.25, 0.3) is 11.0 Å². The van der Waals surface area contributed by atoms with Gasteiger partial charge in [-0.25, -0.2) is 4.98 Å². The summed E-state index contributed by atoms with van der Waals surface area (Å²) in [7, 11) is 0. The Kier molecular flexibility index (Phi) is 5.28. The molecule has 1 aromatic carbocycles. The van der Waals surface area contributed by atoms with Gasteiger partial charge in [-0.1, -0.05) is 19.1 Å². The number of rotatable bonds is 7. The summed E-state index contributed by atoms with van der Waals surface area (Å²) in [5, 5.41) is 3.05. The number of carbonyl (C=O) groups is 1. The van der Waals surface area contributed by atoms with Gasteiger partial charge in [-0.05, 0) is 44.0 Å². The van der Waals surface area contributed by atoms with E-state index >= 15 is 0 Å². The molecular formula is C18H26N4O. The molecule has 0 spiro atoms. The molecule has 5 nitrogen and oxygen atoms in total. The Hall–Kier alpha value is -1.88. The average Bonchev–Trinajstić information content (AvgIpc) is 3.19. The molecule has 0 bridgehead atoms. The third kappa shape index (κ3) is 4.55. The Bertz CT molecular complexity index is 612. The van der Waals surface area contributed by atoms with Crippen LogP contribution < -0.4 is 5.32 Å². The topological polar surface area (TPSA) is 61.0 Å². The van der Waals surface area contributed by atoms with Crippen molar-refractivity contribution in [2.24, 2.45) is 5.92 Å². The third-order valence-corrected chi connectivity index (χ3v) is 4.44. The Morgan fingerprint density at radius 1 is 1.35 bits per heavy atom. The summed E-state index contributed by atoms with van der Waals surface area (Å²) in [6, 6.07) is 7.95. The van der Waals surface area contributed by atoms with Crippen LogP contribution in [0.3, 0.4) is 0 Å². The van der Waals surface area contributed by atoms with Gasteiger partial charge in [0, 0.05) is 25.9 Å². The number of nitrogens with one attached hydrogen (secondary N) is 2. The van der Waals surface area contributed by atoms with Crippen LogP contribution in [0.1, 0.15) is 32.0 Å². The van der Waals surface area contributed by atoms with Crippen molar-refractivity contribution in [3.63, 3.8) is 0 Å². The van der Waals surface area contributed by atoms with Crippen LogP contribution in [0.5, 0.6) is 0 Å². The lowest BCUT2D eigenvalue weighted by atomic mass is 10.1. The molecule has 1 aromatic heterocycles. The fourth-order valence-corrected chi connectivity index (χ4v) is 3.20. The number of carbonyl (C=O) groups excluding carboxylic acids is 1. The van der Waals surface area contributed by atoms with Gasteiger partial charge >= 0.3 is 0 Å². The number of imidazole rings is 1. The van der Waals surface area contributed by atoms with Crippen molar-refractivity contribution in [1.82, 2.24) is 20.2 Å². The van der Waals surface area contributed by atoms with Gasteiger partial charge in [-0.15, -0.1) is 0 Å². The van der Waals surface area contributed by atoms with E-state index in [2.05, 4.69) is 27.1 Å². The number of nitrogens with zero attached hydrogens (tertiary/aromatic N) is 2. The van der Waals surface area contributed by atoms with Crippen LogP contribution in [0, 0.1) is 5.92 Å². The number of H-pyrrole nitrogens is 1. The Labute approximate surface area is 137 Å². The molecular weight excluding hydrogens is 288 g/mol. The summed E-state index contributed by atoms with van der Waals surface area (Å²) >= 11 is 0. The van der Waals surface area contributed by atoms with Gasteiger partial charge in [0.2, 0.25) is 5.91 Å². The Morgan fingerprint density at radius 2 is 2.13 bits per heavy atom. The maximum atomic E-state index is 12.0. The number of aromatic amines is 1. The summed E-state index contributed by atoms with van der Waals surface area (Å²) in [5.74, 6) is 1.49. The monoisotopic (exact) mass is 314 g/mol. The lowest BCUT2D eigenvalue weighted by Gasteiger charge is -2.20. The molecule has 2 N–H and O–H groups in total. The second-order valence-electron chi connectivity index (χ2n) is 6.62. The van der Waals surface area contributed by atoms with E-state index in [-0.39, 0.29) is 5.91 Å². The van der Waals surface area contributed by atoms with E-state index in [0.717, 1.165) is 29.9 Å². The number of aryl methyl sites for hydroxylation is 1. The Balaban J connectivity index is 1.38. The van der Waals surface area contributed by atoms with Crippen molar-refractivity contribution in [2.45, 2.75) is 32.6 Å². The molecule has 0 radical (unpaired) electrons. The summed E-state index contributed by atoms with van der Waals surface area (Å²) in [6.45, 7) is 6.48. The average molecular weight is 314 g/mol. The minimum Gasteiger partial charge on any atom is -0.356 e. The van der Waals surface area contributed by atoms with Crippen LogP contribution in [-0.4, -0.2) is 47.0 Å². The first kappa shape index (κ1) is 16.0. The molecule has 124 valence electrons. The zero-order valence-corrected chi connectivity index (χ0v) is 13.8. The summed E-state index contributed by atoms with van der Waals surface area (Å²) in [6.07, 6.45) is 3.77. The number of hydrogen-bond donors (Lipinski definition) is 2. The van der Waals surface area contributed by atoms with Crippen molar-refractivity contribution in [2.75, 3.05) is 26.2 Å². The van der Waals surface area contributed by atoms with Gasteiger partial charge in [-0.3, -0.25) is 4.79 Å². The van der Waals surface area contributed by atoms with E-state index in [1.807, 2.05) is 24.3 Å². The first-order chi connectivity index (χ1) is 11.2. The van der Waals surface area contributed by atoms with E-state index < -0.39 is 0 Å². The molecule has 1 unspecified atom stereocenters. The van der Waals surface area contributed by atoms with Crippen LogP contribution in [-0.2, 0) is 11.2 Å². The molecule has 23 heavy (non-hydrogen) atoms. The van der Waals surface area contributed by atoms with Crippen LogP contribution in [0.2, 0.25) is 0 Å². The van der Waals surface area contributed by atoms with Crippen LogP contribution >= 0.6 is 0 Å². The quantitative estimate of drug-likeness (QED) is 0.824. The molecule has 1 amide bonds. The standard InChI is InChI=1S/C18H26N4O/c1-14(13-22-10-4-5-11-22)12-19-18(23)9-8-17-20-15-6-2-3-7-16(15)21-17/h2-3,6-7,14H,4-5,8-13H2,1H3,(H,19,23)(H,20,21). The number of likely N-dealkylation sites (tertiary alicyclic amines) is 1. The predicted octanol–water partition coefficient (Wildman–Crippen LogP) is 2.34. The van der Waals surface area contributed by atoms with Crippen molar-refractivity contribution in [3.05, 3.63) is 30.1 Å². The summed E-state index contributed by atoms with van der Waals surface area (Å²) in [5.41, 5.74) is 1.99. The molecule has 2 heterocycles. The second-order valence-corrected chi connectivity index (χ2v) is 6.62. The molecule has 1 aliphatic heterocycles. The molecule has 3 rings (SSSR count). The largest absolute Gasteiger partial charge is 0.356 e. The van der Waals surface area contributed by atoms with E-state index in [1.165, 1.54) is 25.9 Å². The van der Waals surface area contributed by atoms with E-state index in [0.29, 0.717) is 18.8 Å². The number of benzene rings is 1. The highest BCUT2D eigenvalue weighted by Crippen LogP contribution is 2.12. The van der Waals surface area contributed by atoms with Crippen LogP contribution in [0.4, 0.5) is 0 Å². The molecule has 1 aliphatic rings. The predicted molar refractivity (Wildman–Crippen MR) is 92.3 cm³/mol. The molecule has 0 aliphatic carbocycles. The first-order valence-corrected chi connectivity index (χ1v) is 8.63. The van der Waals surface area contributed by atoms with Gasteiger partial charge in [0.25, 0.3) is 0 Å². The highest BCUT2D eigenvalue weighted by molar-refractivity contribution is 5.77. The molecule has 2 aromatic rings. The number of fused-ring (bicyclic) bond motifs is 1. The molecule has 1 fully saturated rings. The SMILES string of the molecule is CC(CNC(=O)CCc1nc2ccccc2[nH]1)CN1CCCC1. The molecule has 0 saturated carbocycles. The highest BCUT2D eigenvalue weighted by Gasteiger charge is 2.15. The lowest BCUT2D eigenvalue weighted by Crippen LogP contribution is -2.34. The first-order valence-electron chi connectivity index (χ1n) is 8.63.